The van der Waals surface area contributed by atoms with Crippen LogP contribution in [0.1, 0.15) is 10.4 Å². The lowest BCUT2D eigenvalue weighted by molar-refractivity contribution is 0.0945. The number of anilines is 1. The average Bonchev–Trinajstić information content (AvgIpc) is 3.21. The van der Waals surface area contributed by atoms with Crippen LogP contribution in [-0.4, -0.2) is 52.6 Å². The molecule has 4 rings (SSSR count). The molecule has 30 heavy (non-hydrogen) atoms. The monoisotopic (exact) mass is 401 g/mol. The third-order valence-electron chi connectivity index (χ3n) is 4.92. The van der Waals surface area contributed by atoms with E-state index in [4.69, 9.17) is 5.11 Å². The molecule has 2 heterocycles. The van der Waals surface area contributed by atoms with E-state index < -0.39 is 0 Å². The molecule has 0 atom stereocenters. The van der Waals surface area contributed by atoms with E-state index >= 15 is 0 Å². The van der Waals surface area contributed by atoms with Crippen LogP contribution in [0.15, 0.2) is 67.1 Å². The highest BCUT2D eigenvalue weighted by Crippen LogP contribution is 2.25. The Balaban J connectivity index is 1.65. The van der Waals surface area contributed by atoms with Gasteiger partial charge >= 0.3 is 0 Å². The second-order valence-corrected chi connectivity index (χ2v) is 7.14. The molecule has 0 saturated carbocycles. The molecule has 2 N–H and O–H groups in total. The maximum atomic E-state index is 12.0. The number of nitrogens with one attached hydrogen (secondary N) is 1. The first-order chi connectivity index (χ1) is 14.6. The Morgan fingerprint density at radius 3 is 2.37 bits per heavy atom. The molecule has 4 aromatic rings. The van der Waals surface area contributed by atoms with Crippen LogP contribution in [-0.2, 0) is 0 Å². The van der Waals surface area contributed by atoms with E-state index in [-0.39, 0.29) is 19.1 Å². The van der Waals surface area contributed by atoms with E-state index in [1.165, 1.54) is 0 Å². The van der Waals surface area contributed by atoms with E-state index in [0.717, 1.165) is 33.8 Å². The number of imidazole rings is 1. The molecule has 0 saturated heterocycles. The summed E-state index contributed by atoms with van der Waals surface area (Å²) in [5.74, 6) is -0.211. The first kappa shape index (κ1) is 19.6. The number of carbonyl (C=O) groups excluding carboxylic acids is 1. The number of aliphatic hydroxyl groups excluding tert-OH is 1. The van der Waals surface area contributed by atoms with Crippen molar-refractivity contribution in [2.75, 3.05) is 32.1 Å². The fourth-order valence-electron chi connectivity index (χ4n) is 3.25. The highest BCUT2D eigenvalue weighted by molar-refractivity contribution is 5.94. The summed E-state index contributed by atoms with van der Waals surface area (Å²) in [7, 11) is 4.03. The van der Waals surface area contributed by atoms with Gasteiger partial charge in [0.25, 0.3) is 5.91 Å². The fraction of sp³-hybridized carbons (Fsp3) is 0.174. The van der Waals surface area contributed by atoms with Crippen LogP contribution in [0.25, 0.3) is 28.2 Å². The molecular formula is C23H23N5O2. The highest BCUT2D eigenvalue weighted by Gasteiger charge is 2.10. The lowest BCUT2D eigenvalue weighted by Gasteiger charge is -2.12. The summed E-state index contributed by atoms with van der Waals surface area (Å²) in [5, 5.41) is 11.5. The Morgan fingerprint density at radius 1 is 1.00 bits per heavy atom. The summed E-state index contributed by atoms with van der Waals surface area (Å²) >= 11 is 0. The number of hydrogen-bond acceptors (Lipinski definition) is 5. The molecular weight excluding hydrogens is 378 g/mol. The van der Waals surface area contributed by atoms with Crippen LogP contribution < -0.4 is 10.2 Å². The van der Waals surface area contributed by atoms with Gasteiger partial charge in [-0.2, -0.15) is 0 Å². The maximum Gasteiger partial charge on any atom is 0.251 e. The Hall–Kier alpha value is -3.71. The molecule has 0 radical (unpaired) electrons. The average molecular weight is 401 g/mol. The van der Waals surface area contributed by atoms with Crippen molar-refractivity contribution in [1.82, 2.24) is 19.7 Å². The van der Waals surface area contributed by atoms with Gasteiger partial charge in [0.05, 0.1) is 30.4 Å². The van der Waals surface area contributed by atoms with Crippen molar-refractivity contribution in [3.05, 3.63) is 72.7 Å². The molecule has 0 aliphatic heterocycles. The van der Waals surface area contributed by atoms with Crippen molar-refractivity contribution in [3.8, 4) is 22.5 Å². The number of rotatable bonds is 6. The van der Waals surface area contributed by atoms with Gasteiger partial charge in [0, 0.05) is 49.2 Å². The lowest BCUT2D eigenvalue weighted by atomic mass is 10.1. The van der Waals surface area contributed by atoms with Crippen molar-refractivity contribution in [3.63, 3.8) is 0 Å². The zero-order chi connectivity index (χ0) is 21.1. The van der Waals surface area contributed by atoms with Gasteiger partial charge in [-0.1, -0.05) is 24.3 Å². The second-order valence-electron chi connectivity index (χ2n) is 7.14. The topological polar surface area (TPSA) is 82.8 Å². The minimum atomic E-state index is -0.211. The standard InChI is InChI=1S/C23H23N5O2/c1-27(2)19-9-7-17(8-10-19)21-13-26-22-14-25-20(15-28(21)22)16-3-5-18(6-4-16)23(30)24-11-12-29/h3-10,13-15,29H,11-12H2,1-2H3,(H,24,30). The Labute approximate surface area is 174 Å². The molecule has 0 unspecified atom stereocenters. The third-order valence-corrected chi connectivity index (χ3v) is 4.92. The zero-order valence-electron chi connectivity index (χ0n) is 16.9. The number of hydrogen-bond donors (Lipinski definition) is 2. The van der Waals surface area contributed by atoms with Gasteiger partial charge in [-0.05, 0) is 24.3 Å². The van der Waals surface area contributed by atoms with E-state index in [9.17, 15) is 4.79 Å². The van der Waals surface area contributed by atoms with Crippen LogP contribution in [0, 0.1) is 0 Å². The number of aromatic nitrogens is 3. The van der Waals surface area contributed by atoms with E-state index in [1.54, 1.807) is 18.3 Å². The van der Waals surface area contributed by atoms with Gasteiger partial charge in [0.2, 0.25) is 0 Å². The lowest BCUT2D eigenvalue weighted by Crippen LogP contribution is -2.26. The van der Waals surface area contributed by atoms with E-state index in [2.05, 4.69) is 44.5 Å². The number of nitrogens with zero attached hydrogens (tertiary/aromatic N) is 4. The Kier molecular flexibility index (Phi) is 5.45. The van der Waals surface area contributed by atoms with Crippen LogP contribution in [0.2, 0.25) is 0 Å². The predicted octanol–water partition coefficient (Wildman–Crippen LogP) is 2.85. The largest absolute Gasteiger partial charge is 0.395 e. The highest BCUT2D eigenvalue weighted by atomic mass is 16.3. The Bertz CT molecular complexity index is 1160. The molecule has 0 spiro atoms. The van der Waals surface area contributed by atoms with Crippen LogP contribution in [0.4, 0.5) is 5.69 Å². The van der Waals surface area contributed by atoms with Crippen molar-refractivity contribution in [2.45, 2.75) is 0 Å². The van der Waals surface area contributed by atoms with Gasteiger partial charge in [-0.15, -0.1) is 0 Å². The molecule has 7 nitrogen and oxygen atoms in total. The summed E-state index contributed by atoms with van der Waals surface area (Å²) < 4.78 is 2.02. The van der Waals surface area contributed by atoms with Crippen molar-refractivity contribution in [1.29, 1.82) is 0 Å². The second kappa shape index (κ2) is 8.34. The SMILES string of the molecule is CN(C)c1ccc(-c2cnc3cnc(-c4ccc(C(=O)NCCO)cc4)cn23)cc1. The first-order valence-electron chi connectivity index (χ1n) is 9.67. The first-order valence-corrected chi connectivity index (χ1v) is 9.67. The van der Waals surface area contributed by atoms with Crippen molar-refractivity contribution < 1.29 is 9.90 Å². The molecule has 0 aliphatic carbocycles. The van der Waals surface area contributed by atoms with Crippen LogP contribution >= 0.6 is 0 Å². The summed E-state index contributed by atoms with van der Waals surface area (Å²) in [6.07, 6.45) is 5.55. The molecule has 1 amide bonds. The minimum Gasteiger partial charge on any atom is -0.395 e. The number of fused-ring (bicyclic) bond motifs is 1. The Morgan fingerprint density at radius 2 is 1.70 bits per heavy atom. The van der Waals surface area contributed by atoms with Crippen LogP contribution in [0.3, 0.4) is 0 Å². The third kappa shape index (κ3) is 3.88. The fourth-order valence-corrected chi connectivity index (χ4v) is 3.25. The molecule has 0 bridgehead atoms. The van der Waals surface area contributed by atoms with E-state index in [0.29, 0.717) is 5.56 Å². The van der Waals surface area contributed by atoms with Gasteiger partial charge in [-0.25, -0.2) is 4.98 Å². The van der Waals surface area contributed by atoms with Crippen molar-refractivity contribution in [2.24, 2.45) is 0 Å². The summed E-state index contributed by atoms with van der Waals surface area (Å²) in [5.41, 5.74) is 6.19. The minimum absolute atomic E-state index is 0.0845. The van der Waals surface area contributed by atoms with Gasteiger partial charge in [-0.3, -0.25) is 14.2 Å². The summed E-state index contributed by atoms with van der Waals surface area (Å²) in [6.45, 7) is 0.149. The zero-order valence-corrected chi connectivity index (χ0v) is 16.9. The predicted molar refractivity (Wildman–Crippen MR) is 118 cm³/mol. The van der Waals surface area contributed by atoms with Gasteiger partial charge < -0.3 is 15.3 Å². The van der Waals surface area contributed by atoms with Gasteiger partial charge in [0.1, 0.15) is 0 Å². The molecule has 2 aromatic heterocycles. The quantitative estimate of drug-likeness (QED) is 0.519. The smallest absolute Gasteiger partial charge is 0.251 e. The molecule has 0 fully saturated rings. The van der Waals surface area contributed by atoms with Crippen LogP contribution in [0.5, 0.6) is 0 Å². The van der Waals surface area contributed by atoms with Crippen molar-refractivity contribution >= 4 is 17.2 Å². The normalized spacial score (nSPS) is 10.9. The van der Waals surface area contributed by atoms with E-state index in [1.807, 2.05) is 43.0 Å². The summed E-state index contributed by atoms with van der Waals surface area (Å²) in [4.78, 5) is 23.1. The number of carbonyl (C=O) groups is 1. The molecule has 152 valence electrons. The molecule has 0 aliphatic rings. The maximum absolute atomic E-state index is 12.0. The van der Waals surface area contributed by atoms with Gasteiger partial charge in [0.15, 0.2) is 5.65 Å². The number of benzene rings is 2. The molecule has 2 aromatic carbocycles. The number of amides is 1. The number of aliphatic hydroxyl groups is 1. The summed E-state index contributed by atoms with van der Waals surface area (Å²) in [6, 6.07) is 15.6. The molecule has 7 heteroatoms.